The average molecular weight is 515 g/mol. The number of carbonyl (C=O) groups is 1. The number of aromatic nitrogens is 2. The van der Waals surface area contributed by atoms with Gasteiger partial charge in [-0.2, -0.15) is 13.9 Å². The number of hydrogen-bond donors (Lipinski definition) is 0. The molecule has 1 aromatic heterocycles. The number of halogens is 3. The van der Waals surface area contributed by atoms with Crippen LogP contribution in [0.1, 0.15) is 23.2 Å². The van der Waals surface area contributed by atoms with Crippen LogP contribution < -0.4 is 4.74 Å². The third-order valence-corrected chi connectivity index (χ3v) is 8.04. The third kappa shape index (κ3) is 4.99. The first kappa shape index (κ1) is 24.1. The smallest absolute Gasteiger partial charge is 0.387 e. The number of fused-ring (bicyclic) bond motifs is 1. The van der Waals surface area contributed by atoms with E-state index < -0.39 is 22.3 Å². The van der Waals surface area contributed by atoms with E-state index in [2.05, 4.69) is 9.84 Å². The van der Waals surface area contributed by atoms with E-state index in [4.69, 9.17) is 0 Å². The maximum absolute atomic E-state index is 13.6. The lowest BCUT2D eigenvalue weighted by molar-refractivity contribution is -0.0498. The number of ether oxygens (including phenoxy) is 1. The summed E-state index contributed by atoms with van der Waals surface area (Å²) in [6.07, 6.45) is 0.584. The largest absolute Gasteiger partial charge is 0.435 e. The summed E-state index contributed by atoms with van der Waals surface area (Å²) in [7, 11) is -3.10. The minimum Gasteiger partial charge on any atom is -0.435 e. The highest BCUT2D eigenvalue weighted by Gasteiger charge is 2.30. The Morgan fingerprint density at radius 2 is 1.86 bits per heavy atom. The second kappa shape index (κ2) is 9.42. The van der Waals surface area contributed by atoms with E-state index in [9.17, 15) is 26.4 Å². The maximum atomic E-state index is 13.6. The Morgan fingerprint density at radius 3 is 2.56 bits per heavy atom. The molecule has 6 nitrogen and oxygen atoms in total. The Kier molecular flexibility index (Phi) is 6.29. The summed E-state index contributed by atoms with van der Waals surface area (Å²) in [5.41, 5.74) is 2.49. The SMILES string of the molecule is O=C(CC1CCS(=O)(=O)C1)c1ccc2c(-c3cccc(OC(F)F)c3)nn(-c3ccc(F)cc3)c2c1. The molecule has 1 atom stereocenters. The normalized spacial score (nSPS) is 17.1. The number of alkyl halides is 2. The second-order valence-corrected chi connectivity index (χ2v) is 11.0. The van der Waals surface area contributed by atoms with Gasteiger partial charge in [-0.25, -0.2) is 17.5 Å². The number of ketones is 1. The summed E-state index contributed by atoms with van der Waals surface area (Å²) in [4.78, 5) is 13.0. The zero-order valence-corrected chi connectivity index (χ0v) is 19.7. The number of carbonyl (C=O) groups excluding carboxylic acids is 1. The number of Topliss-reactive ketones (excluding diaryl/α,β-unsaturated/α-hetero) is 1. The van der Waals surface area contributed by atoms with Crippen LogP contribution in [0.2, 0.25) is 0 Å². The molecule has 2 heterocycles. The molecule has 1 unspecified atom stereocenters. The molecule has 0 N–H and O–H groups in total. The average Bonchev–Trinajstić information content (AvgIpc) is 3.38. The molecule has 1 saturated heterocycles. The Bertz CT molecular complexity index is 1550. The van der Waals surface area contributed by atoms with Gasteiger partial charge < -0.3 is 4.74 Å². The summed E-state index contributed by atoms with van der Waals surface area (Å²) in [5, 5.41) is 5.31. The minimum absolute atomic E-state index is 0.00960. The van der Waals surface area contributed by atoms with Crippen molar-refractivity contribution in [3.8, 4) is 22.7 Å². The van der Waals surface area contributed by atoms with Crippen LogP contribution in [0.15, 0.2) is 66.7 Å². The van der Waals surface area contributed by atoms with E-state index >= 15 is 0 Å². The summed E-state index contributed by atoms with van der Waals surface area (Å²) in [6, 6.07) is 16.8. The van der Waals surface area contributed by atoms with Gasteiger partial charge in [0.25, 0.3) is 0 Å². The van der Waals surface area contributed by atoms with Crippen LogP contribution in [0.5, 0.6) is 5.75 Å². The second-order valence-electron chi connectivity index (χ2n) is 8.77. The Balaban J connectivity index is 1.58. The molecule has 0 aliphatic carbocycles. The number of sulfone groups is 1. The van der Waals surface area contributed by atoms with Crippen molar-refractivity contribution in [3.63, 3.8) is 0 Å². The zero-order valence-electron chi connectivity index (χ0n) is 18.9. The summed E-state index contributed by atoms with van der Waals surface area (Å²) in [6.45, 7) is -2.97. The molecular weight excluding hydrogens is 493 g/mol. The van der Waals surface area contributed by atoms with Gasteiger partial charge in [0.15, 0.2) is 15.6 Å². The Labute approximate surface area is 205 Å². The van der Waals surface area contributed by atoms with E-state index in [-0.39, 0.29) is 35.4 Å². The summed E-state index contributed by atoms with van der Waals surface area (Å²) < 4.78 is 68.7. The van der Waals surface area contributed by atoms with Crippen molar-refractivity contribution in [2.45, 2.75) is 19.5 Å². The zero-order chi connectivity index (χ0) is 25.4. The van der Waals surface area contributed by atoms with E-state index in [1.54, 1.807) is 47.1 Å². The van der Waals surface area contributed by atoms with Crippen molar-refractivity contribution in [3.05, 3.63) is 78.1 Å². The van der Waals surface area contributed by atoms with Gasteiger partial charge in [-0.3, -0.25) is 4.79 Å². The first-order valence-corrected chi connectivity index (χ1v) is 13.1. The Morgan fingerprint density at radius 1 is 1.08 bits per heavy atom. The molecule has 0 radical (unpaired) electrons. The molecule has 5 rings (SSSR count). The molecule has 36 heavy (non-hydrogen) atoms. The van der Waals surface area contributed by atoms with Crippen molar-refractivity contribution in [1.29, 1.82) is 0 Å². The summed E-state index contributed by atoms with van der Waals surface area (Å²) in [5.74, 6) is -0.734. The van der Waals surface area contributed by atoms with Crippen molar-refractivity contribution >= 4 is 26.5 Å². The van der Waals surface area contributed by atoms with Gasteiger partial charge in [0.2, 0.25) is 0 Å². The van der Waals surface area contributed by atoms with E-state index in [0.29, 0.717) is 39.8 Å². The highest BCUT2D eigenvalue weighted by atomic mass is 32.2. The van der Waals surface area contributed by atoms with Crippen LogP contribution >= 0.6 is 0 Å². The predicted octanol–water partition coefficient (Wildman–Crippen LogP) is 5.44. The van der Waals surface area contributed by atoms with Gasteiger partial charge in [0, 0.05) is 22.9 Å². The van der Waals surface area contributed by atoms with Crippen LogP contribution in [-0.2, 0) is 9.84 Å². The van der Waals surface area contributed by atoms with Gasteiger partial charge >= 0.3 is 6.61 Å². The Hall–Kier alpha value is -3.66. The monoisotopic (exact) mass is 514 g/mol. The fraction of sp³-hybridized carbons (Fsp3) is 0.231. The van der Waals surface area contributed by atoms with Crippen LogP contribution in [0.25, 0.3) is 27.8 Å². The molecule has 0 amide bonds. The van der Waals surface area contributed by atoms with Gasteiger partial charge in [-0.05, 0) is 60.9 Å². The van der Waals surface area contributed by atoms with Crippen LogP contribution in [0.4, 0.5) is 13.2 Å². The molecule has 1 aliphatic heterocycles. The first-order chi connectivity index (χ1) is 17.2. The highest BCUT2D eigenvalue weighted by molar-refractivity contribution is 7.91. The molecule has 0 spiro atoms. The van der Waals surface area contributed by atoms with Gasteiger partial charge in [-0.1, -0.05) is 18.2 Å². The molecule has 10 heteroatoms. The standard InChI is InChI=1S/C26H21F3N2O4S/c27-19-5-7-20(8-6-19)31-23-14-17(24(32)12-16-10-11-36(33,34)15-16)4-9-22(23)25(30-31)18-2-1-3-21(13-18)35-26(28)29/h1-9,13-14,16,26H,10-12,15H2. The van der Waals surface area contributed by atoms with E-state index in [1.165, 1.54) is 24.3 Å². The summed E-state index contributed by atoms with van der Waals surface area (Å²) >= 11 is 0. The van der Waals surface area contributed by atoms with Crippen LogP contribution in [0, 0.1) is 11.7 Å². The predicted molar refractivity (Wildman–Crippen MR) is 129 cm³/mol. The number of benzene rings is 3. The minimum atomic E-state index is -3.10. The van der Waals surface area contributed by atoms with Crippen molar-refractivity contribution in [2.75, 3.05) is 11.5 Å². The molecule has 0 saturated carbocycles. The first-order valence-electron chi connectivity index (χ1n) is 11.3. The quantitative estimate of drug-likeness (QED) is 0.307. The third-order valence-electron chi connectivity index (χ3n) is 6.21. The maximum Gasteiger partial charge on any atom is 0.387 e. The lowest BCUT2D eigenvalue weighted by atomic mass is 9.96. The number of nitrogens with zero attached hydrogens (tertiary/aromatic N) is 2. The topological polar surface area (TPSA) is 78.3 Å². The van der Waals surface area contributed by atoms with Crippen molar-refractivity contribution < 1.29 is 31.1 Å². The molecule has 4 aromatic rings. The van der Waals surface area contributed by atoms with Crippen LogP contribution in [-0.4, -0.2) is 42.1 Å². The molecule has 3 aromatic carbocycles. The van der Waals surface area contributed by atoms with Gasteiger partial charge in [0.1, 0.15) is 17.3 Å². The van der Waals surface area contributed by atoms with Crippen molar-refractivity contribution in [2.24, 2.45) is 5.92 Å². The van der Waals surface area contributed by atoms with Crippen LogP contribution in [0.3, 0.4) is 0 Å². The molecule has 1 fully saturated rings. The van der Waals surface area contributed by atoms with E-state index in [0.717, 1.165) is 0 Å². The molecule has 1 aliphatic rings. The molecule has 0 bridgehead atoms. The van der Waals surface area contributed by atoms with Gasteiger partial charge in [-0.15, -0.1) is 0 Å². The fourth-order valence-electron chi connectivity index (χ4n) is 4.51. The van der Waals surface area contributed by atoms with Crippen molar-refractivity contribution in [1.82, 2.24) is 9.78 Å². The number of hydrogen-bond acceptors (Lipinski definition) is 5. The number of rotatable bonds is 7. The highest BCUT2D eigenvalue weighted by Crippen LogP contribution is 2.33. The van der Waals surface area contributed by atoms with Gasteiger partial charge in [0.05, 0.1) is 22.7 Å². The molecule has 186 valence electrons. The fourth-order valence-corrected chi connectivity index (χ4v) is 6.38. The molecular formula is C26H21F3N2O4S. The lowest BCUT2D eigenvalue weighted by Gasteiger charge is -2.08. The van der Waals surface area contributed by atoms with E-state index in [1.807, 2.05) is 0 Å². The lowest BCUT2D eigenvalue weighted by Crippen LogP contribution is -2.11.